The number of amidine groups is 1. The van der Waals surface area contributed by atoms with E-state index in [2.05, 4.69) is 10.2 Å². The van der Waals surface area contributed by atoms with Crippen molar-refractivity contribution < 1.29 is 9.53 Å². The smallest absolute Gasteiger partial charge is 0.265 e. The first-order valence-electron chi connectivity index (χ1n) is 8.28. The van der Waals surface area contributed by atoms with Gasteiger partial charge in [0.2, 0.25) is 0 Å². The van der Waals surface area contributed by atoms with Crippen molar-refractivity contribution in [3.05, 3.63) is 59.7 Å². The van der Waals surface area contributed by atoms with E-state index in [1.807, 2.05) is 55.5 Å². The summed E-state index contributed by atoms with van der Waals surface area (Å²) >= 11 is 1.43. The van der Waals surface area contributed by atoms with Crippen LogP contribution < -0.4 is 15.4 Å². The molecule has 3 rings (SSSR count). The summed E-state index contributed by atoms with van der Waals surface area (Å²) in [5, 5.41) is 8.46. The van der Waals surface area contributed by atoms with E-state index < -0.39 is 0 Å². The van der Waals surface area contributed by atoms with E-state index in [1.54, 1.807) is 11.1 Å². The Bertz CT molecular complexity index is 837. The van der Waals surface area contributed by atoms with E-state index in [0.717, 1.165) is 17.0 Å². The second kappa shape index (κ2) is 8.53. The monoisotopic (exact) mass is 368 g/mol. The third-order valence-electron chi connectivity index (χ3n) is 3.83. The van der Waals surface area contributed by atoms with Crippen molar-refractivity contribution in [3.63, 3.8) is 0 Å². The van der Waals surface area contributed by atoms with Gasteiger partial charge in [0.1, 0.15) is 5.75 Å². The zero-order valence-corrected chi connectivity index (χ0v) is 15.3. The second-order valence-corrected chi connectivity index (χ2v) is 6.61. The van der Waals surface area contributed by atoms with Crippen LogP contribution in [-0.4, -0.2) is 30.4 Å². The number of thioether (sulfide) groups is 1. The molecule has 1 aliphatic rings. The van der Waals surface area contributed by atoms with Gasteiger partial charge >= 0.3 is 0 Å². The summed E-state index contributed by atoms with van der Waals surface area (Å²) in [6.07, 6.45) is 1.61. The minimum Gasteiger partial charge on any atom is -0.482 e. The molecular weight excluding hydrogens is 348 g/mol. The molecule has 0 aromatic heterocycles. The summed E-state index contributed by atoms with van der Waals surface area (Å²) in [5.41, 5.74) is 8.64. The Morgan fingerprint density at radius 1 is 1.31 bits per heavy atom. The zero-order valence-electron chi connectivity index (χ0n) is 14.5. The molecular formula is C19H20N4O2S. The number of carbonyl (C=O) groups excluding carboxylic acids is 1. The minimum atomic E-state index is -0.0475. The number of fused-ring (bicyclic) bond motifs is 1. The summed E-state index contributed by atoms with van der Waals surface area (Å²) in [5.74, 6) is 1.40. The maximum absolute atomic E-state index is 11.9. The van der Waals surface area contributed by atoms with Crippen LogP contribution in [0, 0.1) is 0 Å². The summed E-state index contributed by atoms with van der Waals surface area (Å²) in [6, 6.07) is 15.6. The lowest BCUT2D eigenvalue weighted by Crippen LogP contribution is -2.38. The van der Waals surface area contributed by atoms with Crippen molar-refractivity contribution in [2.75, 3.05) is 18.1 Å². The Hall–Kier alpha value is -2.80. The van der Waals surface area contributed by atoms with Crippen molar-refractivity contribution >= 4 is 34.7 Å². The van der Waals surface area contributed by atoms with Crippen LogP contribution in [0.1, 0.15) is 18.1 Å². The molecule has 1 heterocycles. The lowest BCUT2D eigenvalue weighted by molar-refractivity contribution is -0.121. The van der Waals surface area contributed by atoms with Gasteiger partial charge in [-0.3, -0.25) is 4.79 Å². The topological polar surface area (TPSA) is 80.3 Å². The van der Waals surface area contributed by atoms with Crippen LogP contribution in [-0.2, 0) is 10.5 Å². The lowest BCUT2D eigenvalue weighted by Gasteiger charge is -2.28. The quantitative estimate of drug-likeness (QED) is 0.500. The number of benzene rings is 2. The maximum Gasteiger partial charge on any atom is 0.265 e. The molecule has 0 fully saturated rings. The number of anilines is 1. The molecule has 0 unspecified atom stereocenters. The summed E-state index contributed by atoms with van der Waals surface area (Å²) < 4.78 is 5.45. The third kappa shape index (κ3) is 4.43. The third-order valence-corrected chi connectivity index (χ3v) is 4.69. The second-order valence-electron chi connectivity index (χ2n) is 5.61. The van der Waals surface area contributed by atoms with Crippen LogP contribution in [0.5, 0.6) is 5.75 Å². The van der Waals surface area contributed by atoms with E-state index in [0.29, 0.717) is 17.5 Å². The molecule has 1 aliphatic heterocycles. The number of nitrogens with zero attached hydrogens (tertiary/aromatic N) is 3. The highest BCUT2D eigenvalue weighted by atomic mass is 32.2. The molecule has 0 saturated heterocycles. The van der Waals surface area contributed by atoms with Crippen molar-refractivity contribution in [1.29, 1.82) is 0 Å². The summed E-state index contributed by atoms with van der Waals surface area (Å²) in [7, 11) is 0. The van der Waals surface area contributed by atoms with Gasteiger partial charge in [0.05, 0.1) is 11.9 Å². The molecule has 7 heteroatoms. The Kier molecular flexibility index (Phi) is 5.91. The number of amides is 1. The van der Waals surface area contributed by atoms with Crippen LogP contribution in [0.3, 0.4) is 0 Å². The minimum absolute atomic E-state index is 0.0475. The standard InChI is InChI=1S/C19H20N4O2S/c1-2-23-16-10-15(8-9-17(16)25-12-18(23)24)11-21-22-19(20)26-13-14-6-4-3-5-7-14/h3-11H,2,12-13H2,1H3,(H2,20,22). The number of nitrogens with two attached hydrogens (primary N) is 1. The van der Waals surface area contributed by atoms with E-state index in [9.17, 15) is 4.79 Å². The van der Waals surface area contributed by atoms with E-state index in [-0.39, 0.29) is 12.5 Å². The summed E-state index contributed by atoms with van der Waals surface area (Å²) in [4.78, 5) is 13.6. The maximum atomic E-state index is 11.9. The normalized spacial score (nSPS) is 14.4. The molecule has 0 bridgehead atoms. The van der Waals surface area contributed by atoms with Crippen LogP contribution in [0.15, 0.2) is 58.7 Å². The molecule has 0 radical (unpaired) electrons. The Balaban J connectivity index is 1.65. The SMILES string of the molecule is CCN1C(=O)COc2ccc(C=NN=C(N)SCc3ccccc3)cc21. The zero-order chi connectivity index (χ0) is 18.4. The number of carbonyl (C=O) groups is 1. The molecule has 134 valence electrons. The van der Waals surface area contributed by atoms with Crippen molar-refractivity contribution in [1.82, 2.24) is 0 Å². The van der Waals surface area contributed by atoms with Gasteiger partial charge < -0.3 is 15.4 Å². The van der Waals surface area contributed by atoms with Crippen molar-refractivity contribution in [2.24, 2.45) is 15.9 Å². The average molecular weight is 368 g/mol. The molecule has 26 heavy (non-hydrogen) atoms. The van der Waals surface area contributed by atoms with Gasteiger partial charge in [0.25, 0.3) is 5.91 Å². The number of ether oxygens (including phenoxy) is 1. The highest BCUT2D eigenvalue weighted by Gasteiger charge is 2.24. The average Bonchev–Trinajstić information content (AvgIpc) is 2.67. The van der Waals surface area contributed by atoms with Gasteiger partial charge in [-0.05, 0) is 36.2 Å². The molecule has 2 N–H and O–H groups in total. The van der Waals surface area contributed by atoms with Crippen LogP contribution in [0.4, 0.5) is 5.69 Å². The van der Waals surface area contributed by atoms with Gasteiger partial charge in [-0.1, -0.05) is 42.1 Å². The molecule has 1 amide bonds. The Morgan fingerprint density at radius 2 is 2.12 bits per heavy atom. The van der Waals surface area contributed by atoms with Crippen LogP contribution in [0.2, 0.25) is 0 Å². The number of likely N-dealkylation sites (N-methyl/N-ethyl adjacent to an activating group) is 1. The highest BCUT2D eigenvalue weighted by molar-refractivity contribution is 8.13. The fraction of sp³-hybridized carbons (Fsp3) is 0.211. The van der Waals surface area contributed by atoms with Gasteiger partial charge in [0.15, 0.2) is 11.8 Å². The Morgan fingerprint density at radius 3 is 2.88 bits per heavy atom. The Labute approximate surface area is 156 Å². The predicted molar refractivity (Wildman–Crippen MR) is 107 cm³/mol. The highest BCUT2D eigenvalue weighted by Crippen LogP contribution is 2.32. The van der Waals surface area contributed by atoms with Gasteiger partial charge in [-0.25, -0.2) is 0 Å². The van der Waals surface area contributed by atoms with Crippen LogP contribution in [0.25, 0.3) is 0 Å². The van der Waals surface area contributed by atoms with Crippen molar-refractivity contribution in [2.45, 2.75) is 12.7 Å². The predicted octanol–water partition coefficient (Wildman–Crippen LogP) is 3.01. The fourth-order valence-electron chi connectivity index (χ4n) is 2.56. The number of hydrogen-bond acceptors (Lipinski definition) is 5. The molecule has 0 aliphatic carbocycles. The van der Waals surface area contributed by atoms with Gasteiger partial charge in [0, 0.05) is 12.3 Å². The molecule has 0 atom stereocenters. The first kappa shape index (κ1) is 18.0. The number of hydrogen-bond donors (Lipinski definition) is 1. The van der Waals surface area contributed by atoms with Gasteiger partial charge in [-0.2, -0.15) is 5.10 Å². The molecule has 0 spiro atoms. The molecule has 6 nitrogen and oxygen atoms in total. The van der Waals surface area contributed by atoms with Crippen LogP contribution >= 0.6 is 11.8 Å². The molecule has 2 aromatic rings. The molecule has 0 saturated carbocycles. The largest absolute Gasteiger partial charge is 0.482 e. The summed E-state index contributed by atoms with van der Waals surface area (Å²) in [6.45, 7) is 2.60. The number of rotatable bonds is 5. The van der Waals surface area contributed by atoms with E-state index in [1.165, 1.54) is 17.3 Å². The van der Waals surface area contributed by atoms with Crippen molar-refractivity contribution in [3.8, 4) is 5.75 Å². The lowest BCUT2D eigenvalue weighted by atomic mass is 10.1. The van der Waals surface area contributed by atoms with E-state index in [4.69, 9.17) is 10.5 Å². The first-order valence-corrected chi connectivity index (χ1v) is 9.26. The fourth-order valence-corrected chi connectivity index (χ4v) is 3.17. The van der Waals surface area contributed by atoms with Gasteiger partial charge in [-0.15, -0.1) is 5.10 Å². The molecule has 2 aromatic carbocycles. The first-order chi connectivity index (χ1) is 12.7. The van der Waals surface area contributed by atoms with E-state index >= 15 is 0 Å².